The molecule has 0 radical (unpaired) electrons. The number of likely N-dealkylation sites (tertiary alicyclic amines) is 1. The molecule has 5 unspecified atom stereocenters. The zero-order chi connectivity index (χ0) is 38.7. The van der Waals surface area contributed by atoms with Crippen molar-refractivity contribution >= 4 is 52.5 Å². The molecule has 14 heteroatoms. The number of benzene rings is 3. The summed E-state index contributed by atoms with van der Waals surface area (Å²) in [5, 5.41) is 18.8. The fraction of sp³-hybridized carbons (Fsp3) is 0.429. The van der Waals surface area contributed by atoms with E-state index in [2.05, 4.69) is 26.9 Å². The molecule has 0 aromatic heterocycles. The van der Waals surface area contributed by atoms with Crippen LogP contribution in [-0.4, -0.2) is 96.3 Å². The van der Waals surface area contributed by atoms with Crippen LogP contribution in [0.15, 0.2) is 60.7 Å². The molecule has 6 aliphatic rings. The summed E-state index contributed by atoms with van der Waals surface area (Å²) in [4.78, 5) is 69.7. The predicted octanol–water partition coefficient (Wildman–Crippen LogP) is 4.21. The van der Waals surface area contributed by atoms with Crippen molar-refractivity contribution in [3.63, 3.8) is 0 Å². The van der Waals surface area contributed by atoms with Gasteiger partial charge in [-0.2, -0.15) is 5.26 Å². The van der Waals surface area contributed by atoms with E-state index in [4.69, 9.17) is 21.6 Å². The van der Waals surface area contributed by atoms with Gasteiger partial charge in [-0.15, -0.1) is 0 Å². The number of nitrogens with zero attached hydrogens (tertiary/aromatic N) is 4. The van der Waals surface area contributed by atoms with Crippen LogP contribution in [-0.2, 0) is 9.59 Å². The molecule has 3 N–H and O–H groups in total. The standard InChI is InChI=1S/C42H42ClN7O6/c43-32-20-28(9-6-26(32)21-44)56-37-30-12-15-42(30)31(37)23-49(42)39(53)25-4-7-27(8-5-25)46-17-16-45-22-24-13-18-48(19-14-24)33-3-1-2-29-36(33)41(55)50(40(29)54)34-10-11-35(51)47-38(34)52/h1-9,20,24,30-31,34,37,45-46H,10-19,22-23H2,(H,47,51,52). The summed E-state index contributed by atoms with van der Waals surface area (Å²) in [5.74, 6) is -0.155. The monoisotopic (exact) mass is 775 g/mol. The van der Waals surface area contributed by atoms with Crippen LogP contribution in [0.5, 0.6) is 5.75 Å². The molecule has 3 aromatic carbocycles. The van der Waals surface area contributed by atoms with Gasteiger partial charge >= 0.3 is 0 Å². The third kappa shape index (κ3) is 5.89. The molecule has 4 heterocycles. The fourth-order valence-corrected chi connectivity index (χ4v) is 10.1. The van der Waals surface area contributed by atoms with Gasteiger partial charge in [0, 0.05) is 68.3 Å². The fourth-order valence-electron chi connectivity index (χ4n) is 9.89. The maximum absolute atomic E-state index is 13.6. The number of rotatable bonds is 11. The van der Waals surface area contributed by atoms with Crippen LogP contribution >= 0.6 is 11.6 Å². The number of anilines is 2. The number of amides is 5. The Morgan fingerprint density at radius 3 is 2.46 bits per heavy atom. The summed E-state index contributed by atoms with van der Waals surface area (Å²) in [5.41, 5.74) is 3.33. The van der Waals surface area contributed by atoms with Gasteiger partial charge < -0.3 is 25.2 Å². The van der Waals surface area contributed by atoms with Crippen LogP contribution in [0.2, 0.25) is 5.02 Å². The first kappa shape index (κ1) is 36.2. The number of ether oxygens (including phenoxy) is 1. The second-order valence-corrected chi connectivity index (χ2v) is 16.2. The summed E-state index contributed by atoms with van der Waals surface area (Å²) in [6.07, 6.45) is 4.16. The largest absolute Gasteiger partial charge is 0.490 e. The first-order chi connectivity index (χ1) is 27.2. The Balaban J connectivity index is 0.707. The van der Waals surface area contributed by atoms with Crippen molar-refractivity contribution in [1.29, 1.82) is 5.26 Å². The number of piperidine rings is 3. The van der Waals surface area contributed by atoms with Crippen LogP contribution in [0.3, 0.4) is 0 Å². The Kier molecular flexibility index (Phi) is 9.21. The number of fused-ring (bicyclic) bond motifs is 1. The minimum absolute atomic E-state index is 0.0570. The molecule has 288 valence electrons. The number of nitriles is 1. The summed E-state index contributed by atoms with van der Waals surface area (Å²) in [7, 11) is 0. The lowest BCUT2D eigenvalue weighted by molar-refractivity contribution is -0.291. The molecule has 5 amide bonds. The summed E-state index contributed by atoms with van der Waals surface area (Å²) >= 11 is 6.22. The predicted molar refractivity (Wildman–Crippen MR) is 206 cm³/mol. The molecule has 4 aliphatic heterocycles. The Labute approximate surface area is 329 Å². The number of hydrogen-bond acceptors (Lipinski definition) is 10. The van der Waals surface area contributed by atoms with E-state index < -0.39 is 29.7 Å². The Bertz CT molecular complexity index is 2170. The first-order valence-electron chi connectivity index (χ1n) is 19.5. The highest BCUT2D eigenvalue weighted by Crippen LogP contribution is 2.68. The number of imide groups is 2. The summed E-state index contributed by atoms with van der Waals surface area (Å²) < 4.78 is 6.31. The van der Waals surface area contributed by atoms with Crippen molar-refractivity contribution in [1.82, 2.24) is 20.4 Å². The van der Waals surface area contributed by atoms with Crippen molar-refractivity contribution in [3.8, 4) is 11.8 Å². The molecule has 1 spiro atoms. The van der Waals surface area contributed by atoms with E-state index in [0.717, 1.165) is 69.0 Å². The molecule has 5 atom stereocenters. The number of carbonyl (C=O) groups is 5. The second-order valence-electron chi connectivity index (χ2n) is 15.8. The third-order valence-electron chi connectivity index (χ3n) is 13.0. The quantitative estimate of drug-likeness (QED) is 0.190. The normalized spacial score (nSPS) is 26.5. The number of carbonyl (C=O) groups excluding carboxylic acids is 5. The zero-order valence-electron chi connectivity index (χ0n) is 30.8. The van der Waals surface area contributed by atoms with Crippen molar-refractivity contribution in [2.75, 3.05) is 49.5 Å². The Hall–Kier alpha value is -5.45. The SMILES string of the molecule is N#Cc1ccc(OC2C3CCC34C2CN4C(=O)c2ccc(NCCNCC3CCN(c4cccc5c4C(=O)N(C4CCC(=O)NC4=O)C5=O)CC3)cc2)cc1Cl. The molecule has 3 aromatic rings. The van der Waals surface area contributed by atoms with E-state index in [1.807, 2.05) is 35.2 Å². The van der Waals surface area contributed by atoms with E-state index in [-0.39, 0.29) is 30.4 Å². The van der Waals surface area contributed by atoms with Crippen molar-refractivity contribution in [3.05, 3.63) is 87.9 Å². The van der Waals surface area contributed by atoms with Crippen LogP contribution in [0.25, 0.3) is 0 Å². The van der Waals surface area contributed by atoms with E-state index in [1.165, 1.54) is 0 Å². The first-order valence-corrected chi connectivity index (χ1v) is 19.9. The molecule has 0 bridgehead atoms. The summed E-state index contributed by atoms with van der Waals surface area (Å²) in [6.45, 7) is 4.53. The Morgan fingerprint density at radius 1 is 0.964 bits per heavy atom. The van der Waals surface area contributed by atoms with Crippen LogP contribution < -0.4 is 25.6 Å². The van der Waals surface area contributed by atoms with Gasteiger partial charge in [-0.1, -0.05) is 17.7 Å². The van der Waals surface area contributed by atoms with Gasteiger partial charge in [0.1, 0.15) is 24.0 Å². The zero-order valence-corrected chi connectivity index (χ0v) is 31.5. The van der Waals surface area contributed by atoms with E-state index in [1.54, 1.807) is 30.3 Å². The highest BCUT2D eigenvalue weighted by molar-refractivity contribution is 6.31. The Morgan fingerprint density at radius 2 is 1.77 bits per heavy atom. The van der Waals surface area contributed by atoms with E-state index in [9.17, 15) is 24.0 Å². The lowest BCUT2D eigenvalue weighted by Crippen LogP contribution is -2.89. The molecule has 2 aliphatic carbocycles. The van der Waals surface area contributed by atoms with Crippen molar-refractivity contribution < 1.29 is 28.7 Å². The molecule has 56 heavy (non-hydrogen) atoms. The minimum Gasteiger partial charge on any atom is -0.490 e. The number of halogens is 1. The lowest BCUT2D eigenvalue weighted by Gasteiger charge is -2.78. The second kappa shape index (κ2) is 14.2. The molecule has 2 saturated carbocycles. The number of hydrogen-bond donors (Lipinski definition) is 3. The molecule has 5 fully saturated rings. The molecule has 3 saturated heterocycles. The molecule has 9 rings (SSSR count). The van der Waals surface area contributed by atoms with E-state index in [0.29, 0.717) is 63.0 Å². The van der Waals surface area contributed by atoms with Gasteiger partial charge in [0.15, 0.2) is 0 Å². The van der Waals surface area contributed by atoms with Gasteiger partial charge in [0.05, 0.1) is 32.9 Å². The average Bonchev–Trinajstić information content (AvgIpc) is 3.43. The van der Waals surface area contributed by atoms with Crippen LogP contribution in [0.1, 0.15) is 75.2 Å². The molecular weight excluding hydrogens is 734 g/mol. The topological polar surface area (TPSA) is 164 Å². The molecule has 13 nitrogen and oxygen atoms in total. The number of nitrogens with one attached hydrogen (secondary N) is 3. The average molecular weight is 776 g/mol. The van der Waals surface area contributed by atoms with Gasteiger partial charge in [-0.25, -0.2) is 0 Å². The van der Waals surface area contributed by atoms with Crippen LogP contribution in [0, 0.1) is 29.1 Å². The summed E-state index contributed by atoms with van der Waals surface area (Å²) in [6, 6.07) is 19.3. The van der Waals surface area contributed by atoms with E-state index >= 15 is 0 Å². The lowest BCUT2D eigenvalue weighted by atomic mass is 9.40. The van der Waals surface area contributed by atoms with Gasteiger partial charge in [0.2, 0.25) is 11.8 Å². The van der Waals surface area contributed by atoms with Gasteiger partial charge in [0.25, 0.3) is 17.7 Å². The highest BCUT2D eigenvalue weighted by Gasteiger charge is 2.77. The minimum atomic E-state index is -0.983. The van der Waals surface area contributed by atoms with Gasteiger partial charge in [-0.05, 0) is 93.1 Å². The highest BCUT2D eigenvalue weighted by atomic mass is 35.5. The molecular formula is C42H42ClN7O6. The van der Waals surface area contributed by atoms with Gasteiger partial charge in [-0.3, -0.25) is 34.2 Å². The smallest absolute Gasteiger partial charge is 0.264 e. The maximum Gasteiger partial charge on any atom is 0.264 e. The van der Waals surface area contributed by atoms with Crippen LogP contribution in [0.4, 0.5) is 11.4 Å². The van der Waals surface area contributed by atoms with Crippen molar-refractivity contribution in [2.45, 2.75) is 56.2 Å². The maximum atomic E-state index is 13.6. The van der Waals surface area contributed by atoms with Crippen molar-refractivity contribution in [2.24, 2.45) is 17.8 Å². The third-order valence-corrected chi connectivity index (χ3v) is 13.3.